The lowest BCUT2D eigenvalue weighted by atomic mass is 9.85. The molecule has 1 aliphatic carbocycles. The molecule has 0 unspecified atom stereocenters. The first-order valence-corrected chi connectivity index (χ1v) is 10.1. The summed E-state index contributed by atoms with van der Waals surface area (Å²) in [6.07, 6.45) is 3.86. The number of hydrogen-bond donors (Lipinski definition) is 1. The number of imidazole rings is 1. The summed E-state index contributed by atoms with van der Waals surface area (Å²) in [7, 11) is 1.95. The Labute approximate surface area is 161 Å². The van der Waals surface area contributed by atoms with Gasteiger partial charge in [0.1, 0.15) is 5.82 Å². The lowest BCUT2D eigenvalue weighted by Crippen LogP contribution is -2.36. The van der Waals surface area contributed by atoms with Gasteiger partial charge >= 0.3 is 0 Å². The van der Waals surface area contributed by atoms with Crippen LogP contribution in [0.1, 0.15) is 46.1 Å². The largest absolute Gasteiger partial charge is 0.349 e. The maximum absolute atomic E-state index is 12.7. The highest BCUT2D eigenvalue weighted by atomic mass is 35.5. The highest BCUT2D eigenvalue weighted by molar-refractivity contribution is 7.17. The maximum atomic E-state index is 12.7. The van der Waals surface area contributed by atoms with Gasteiger partial charge in [-0.25, -0.2) is 4.98 Å². The SMILES string of the molecule is Cn1c(CNC(=O)C2CCC2)nc2c1CN(C(=O)c1ccc(Cl)s1)CC2. The zero-order valence-corrected chi connectivity index (χ0v) is 16.2. The van der Waals surface area contributed by atoms with Gasteiger partial charge in [0.2, 0.25) is 5.91 Å². The Morgan fingerprint density at radius 1 is 1.38 bits per heavy atom. The van der Waals surface area contributed by atoms with E-state index in [1.807, 2.05) is 16.5 Å². The second kappa shape index (κ2) is 7.04. The van der Waals surface area contributed by atoms with Gasteiger partial charge in [-0.3, -0.25) is 9.59 Å². The minimum absolute atomic E-state index is 0.00795. The Hall–Kier alpha value is -1.86. The van der Waals surface area contributed by atoms with E-state index in [0.717, 1.165) is 42.9 Å². The van der Waals surface area contributed by atoms with Crippen LogP contribution in [0.4, 0.5) is 0 Å². The number of carbonyl (C=O) groups excluding carboxylic acids is 2. The van der Waals surface area contributed by atoms with E-state index in [4.69, 9.17) is 11.6 Å². The van der Waals surface area contributed by atoms with Crippen LogP contribution in [0, 0.1) is 5.92 Å². The third kappa shape index (κ3) is 3.25. The molecule has 6 nitrogen and oxygen atoms in total. The second-order valence-electron chi connectivity index (χ2n) is 6.91. The molecule has 2 aromatic rings. The summed E-state index contributed by atoms with van der Waals surface area (Å²) in [5, 5.41) is 3.00. The summed E-state index contributed by atoms with van der Waals surface area (Å²) in [5.41, 5.74) is 2.06. The predicted octanol–water partition coefficient (Wildman–Crippen LogP) is 2.75. The van der Waals surface area contributed by atoms with Crippen molar-refractivity contribution in [3.05, 3.63) is 38.6 Å². The van der Waals surface area contributed by atoms with E-state index < -0.39 is 0 Å². The van der Waals surface area contributed by atoms with Gasteiger partial charge in [-0.05, 0) is 25.0 Å². The van der Waals surface area contributed by atoms with Crippen LogP contribution in [-0.4, -0.2) is 32.8 Å². The summed E-state index contributed by atoms with van der Waals surface area (Å²) in [5.74, 6) is 1.16. The molecule has 0 radical (unpaired) electrons. The van der Waals surface area contributed by atoms with Gasteiger partial charge in [-0.15, -0.1) is 11.3 Å². The van der Waals surface area contributed by atoms with Crippen LogP contribution in [0.3, 0.4) is 0 Å². The Bertz CT molecular complexity index is 855. The van der Waals surface area contributed by atoms with Crippen molar-refractivity contribution in [3.63, 3.8) is 0 Å². The van der Waals surface area contributed by atoms with Crippen molar-refractivity contribution in [2.75, 3.05) is 6.54 Å². The average Bonchev–Trinajstić information content (AvgIpc) is 3.14. The molecule has 138 valence electrons. The van der Waals surface area contributed by atoms with Gasteiger partial charge < -0.3 is 14.8 Å². The molecule has 8 heteroatoms. The molecular weight excluding hydrogens is 372 g/mol. The highest BCUT2D eigenvalue weighted by Crippen LogP contribution is 2.27. The van der Waals surface area contributed by atoms with Crippen molar-refractivity contribution >= 4 is 34.8 Å². The number of nitrogens with one attached hydrogen (secondary N) is 1. The lowest BCUT2D eigenvalue weighted by Gasteiger charge is -2.26. The number of halogens is 1. The number of carbonyl (C=O) groups is 2. The normalized spacial score (nSPS) is 16.9. The molecule has 0 atom stereocenters. The fourth-order valence-electron chi connectivity index (χ4n) is 3.44. The smallest absolute Gasteiger partial charge is 0.264 e. The van der Waals surface area contributed by atoms with E-state index in [2.05, 4.69) is 10.3 Å². The van der Waals surface area contributed by atoms with Gasteiger partial charge in [-0.2, -0.15) is 0 Å². The number of hydrogen-bond acceptors (Lipinski definition) is 4. The fourth-order valence-corrected chi connectivity index (χ4v) is 4.45. The Morgan fingerprint density at radius 3 is 2.85 bits per heavy atom. The van der Waals surface area contributed by atoms with Crippen LogP contribution in [-0.2, 0) is 31.4 Å². The van der Waals surface area contributed by atoms with Gasteiger partial charge in [0.15, 0.2) is 0 Å². The van der Waals surface area contributed by atoms with E-state index in [1.165, 1.54) is 11.3 Å². The summed E-state index contributed by atoms with van der Waals surface area (Å²) in [4.78, 5) is 31.9. The minimum atomic E-state index is 0.00795. The first-order chi connectivity index (χ1) is 12.5. The topological polar surface area (TPSA) is 67.2 Å². The minimum Gasteiger partial charge on any atom is -0.349 e. The molecule has 3 heterocycles. The van der Waals surface area contributed by atoms with Crippen molar-refractivity contribution in [3.8, 4) is 0 Å². The molecule has 0 aromatic carbocycles. The zero-order valence-electron chi connectivity index (χ0n) is 14.6. The molecule has 0 spiro atoms. The molecule has 2 amide bonds. The van der Waals surface area contributed by atoms with Crippen molar-refractivity contribution in [2.24, 2.45) is 13.0 Å². The summed E-state index contributed by atoms with van der Waals surface area (Å²) < 4.78 is 2.63. The van der Waals surface area contributed by atoms with Crippen molar-refractivity contribution in [1.29, 1.82) is 0 Å². The van der Waals surface area contributed by atoms with Gasteiger partial charge in [0.05, 0.1) is 33.7 Å². The van der Waals surface area contributed by atoms with Crippen LogP contribution >= 0.6 is 22.9 Å². The number of thiophene rings is 1. The van der Waals surface area contributed by atoms with Crippen molar-refractivity contribution in [1.82, 2.24) is 19.8 Å². The summed E-state index contributed by atoms with van der Waals surface area (Å²) >= 11 is 7.26. The third-order valence-corrected chi connectivity index (χ3v) is 6.54. The lowest BCUT2D eigenvalue weighted by molar-refractivity contribution is -0.127. The molecule has 1 saturated carbocycles. The molecular formula is C18H21ClN4O2S. The van der Waals surface area contributed by atoms with Crippen LogP contribution in [0.5, 0.6) is 0 Å². The molecule has 1 N–H and O–H groups in total. The maximum Gasteiger partial charge on any atom is 0.264 e. The molecule has 4 rings (SSSR count). The number of rotatable bonds is 4. The molecule has 2 aromatic heterocycles. The van der Waals surface area contributed by atoms with E-state index >= 15 is 0 Å². The monoisotopic (exact) mass is 392 g/mol. The molecule has 2 aliphatic rings. The fraction of sp³-hybridized carbons (Fsp3) is 0.500. The Morgan fingerprint density at radius 2 is 2.19 bits per heavy atom. The number of fused-ring (bicyclic) bond motifs is 1. The molecule has 26 heavy (non-hydrogen) atoms. The average molecular weight is 393 g/mol. The zero-order chi connectivity index (χ0) is 18.3. The van der Waals surface area contributed by atoms with Crippen LogP contribution in [0.2, 0.25) is 4.34 Å². The summed E-state index contributed by atoms with van der Waals surface area (Å²) in [6.45, 7) is 1.61. The Kier molecular flexibility index (Phi) is 4.75. The number of nitrogens with zero attached hydrogens (tertiary/aromatic N) is 3. The third-order valence-electron chi connectivity index (χ3n) is 5.32. The predicted molar refractivity (Wildman–Crippen MR) is 100 cm³/mol. The molecule has 1 aliphatic heterocycles. The van der Waals surface area contributed by atoms with Gasteiger partial charge in [-0.1, -0.05) is 18.0 Å². The van der Waals surface area contributed by atoms with E-state index in [0.29, 0.717) is 28.8 Å². The van der Waals surface area contributed by atoms with Gasteiger partial charge in [0.25, 0.3) is 5.91 Å². The van der Waals surface area contributed by atoms with Crippen molar-refractivity contribution in [2.45, 2.75) is 38.8 Å². The quantitative estimate of drug-likeness (QED) is 0.869. The van der Waals surface area contributed by atoms with Crippen LogP contribution < -0.4 is 5.32 Å². The highest BCUT2D eigenvalue weighted by Gasteiger charge is 2.28. The molecule has 0 saturated heterocycles. The van der Waals surface area contributed by atoms with Crippen LogP contribution in [0.25, 0.3) is 0 Å². The number of aromatic nitrogens is 2. The first kappa shape index (κ1) is 17.5. The van der Waals surface area contributed by atoms with Crippen LogP contribution in [0.15, 0.2) is 12.1 Å². The van der Waals surface area contributed by atoms with E-state index in [9.17, 15) is 9.59 Å². The standard InChI is InChI=1S/C18H21ClN4O2S/c1-22-13-10-23(18(25)14-5-6-15(19)26-14)8-7-12(13)21-16(22)9-20-17(24)11-3-2-4-11/h5-6,11H,2-4,7-10H2,1H3,(H,20,24). The second-order valence-corrected chi connectivity index (χ2v) is 8.62. The van der Waals surface area contributed by atoms with E-state index in [1.54, 1.807) is 12.1 Å². The number of amides is 2. The first-order valence-electron chi connectivity index (χ1n) is 8.88. The summed E-state index contributed by atoms with van der Waals surface area (Å²) in [6, 6.07) is 3.53. The molecule has 0 bridgehead atoms. The van der Waals surface area contributed by atoms with E-state index in [-0.39, 0.29) is 17.7 Å². The van der Waals surface area contributed by atoms with Gasteiger partial charge in [0, 0.05) is 25.9 Å². The van der Waals surface area contributed by atoms with Crippen molar-refractivity contribution < 1.29 is 9.59 Å². The molecule has 1 fully saturated rings. The Balaban J connectivity index is 1.44.